The third-order valence-electron chi connectivity index (χ3n) is 6.37. The molecule has 4 atom stereocenters. The van der Waals surface area contributed by atoms with E-state index in [1.807, 2.05) is 0 Å². The molecule has 1 saturated carbocycles. The molecular formula is C20H30N4O2. The van der Waals surface area contributed by atoms with Crippen molar-refractivity contribution in [3.8, 4) is 0 Å². The van der Waals surface area contributed by atoms with Crippen LogP contribution in [-0.4, -0.2) is 48.7 Å². The first-order valence-corrected chi connectivity index (χ1v) is 9.76. The van der Waals surface area contributed by atoms with E-state index in [2.05, 4.69) is 43.6 Å². The Hall–Kier alpha value is -1.85. The van der Waals surface area contributed by atoms with E-state index in [9.17, 15) is 4.79 Å². The summed E-state index contributed by atoms with van der Waals surface area (Å²) in [6.07, 6.45) is 1.77. The van der Waals surface area contributed by atoms with Gasteiger partial charge in [0.25, 0.3) is 0 Å². The average molecular weight is 358 g/mol. The molecule has 26 heavy (non-hydrogen) atoms. The summed E-state index contributed by atoms with van der Waals surface area (Å²) < 4.78 is 4.82. The number of rotatable bonds is 4. The fraction of sp³-hybridized carbons (Fsp3) is 0.750. The number of hydrogen-bond donors (Lipinski definition) is 0. The van der Waals surface area contributed by atoms with Crippen LogP contribution in [0.4, 0.5) is 11.8 Å². The SMILES string of the molecule is COC(=O)C[C@@H]1[C@H]2CN(c3cc(C(C)(C)C)nc(N4CC[C@@H]4C)n3)C[C@@H]12. The van der Waals surface area contributed by atoms with Crippen molar-refractivity contribution >= 4 is 17.7 Å². The molecule has 0 unspecified atom stereocenters. The van der Waals surface area contributed by atoms with E-state index in [0.717, 1.165) is 37.1 Å². The molecule has 0 bridgehead atoms. The second-order valence-corrected chi connectivity index (χ2v) is 9.17. The van der Waals surface area contributed by atoms with E-state index in [0.29, 0.717) is 30.2 Å². The Bertz CT molecular complexity index is 702. The van der Waals surface area contributed by atoms with Crippen LogP contribution in [0.2, 0.25) is 0 Å². The molecule has 0 radical (unpaired) electrons. The molecule has 0 aromatic carbocycles. The van der Waals surface area contributed by atoms with Gasteiger partial charge in [-0.3, -0.25) is 4.79 Å². The van der Waals surface area contributed by atoms with Gasteiger partial charge in [-0.1, -0.05) is 20.8 Å². The zero-order chi connectivity index (χ0) is 18.6. The summed E-state index contributed by atoms with van der Waals surface area (Å²) in [5.41, 5.74) is 1.10. The number of piperidine rings is 1. The first kappa shape index (κ1) is 17.6. The van der Waals surface area contributed by atoms with Gasteiger partial charge in [0.2, 0.25) is 5.95 Å². The van der Waals surface area contributed by atoms with E-state index < -0.39 is 0 Å². The van der Waals surface area contributed by atoms with E-state index in [-0.39, 0.29) is 11.4 Å². The molecule has 1 aromatic rings. The first-order chi connectivity index (χ1) is 12.3. The maximum Gasteiger partial charge on any atom is 0.305 e. The van der Waals surface area contributed by atoms with Crippen LogP contribution in [-0.2, 0) is 14.9 Å². The highest BCUT2D eigenvalue weighted by atomic mass is 16.5. The number of methoxy groups -OCH3 is 1. The average Bonchev–Trinajstić information content (AvgIpc) is 3.02. The first-order valence-electron chi connectivity index (χ1n) is 9.76. The third-order valence-corrected chi connectivity index (χ3v) is 6.37. The van der Waals surface area contributed by atoms with Crippen molar-refractivity contribution in [2.45, 2.75) is 52.0 Å². The minimum absolute atomic E-state index is 0.00336. The van der Waals surface area contributed by atoms with Crippen LogP contribution in [0.15, 0.2) is 6.07 Å². The molecule has 3 fully saturated rings. The Balaban J connectivity index is 1.52. The van der Waals surface area contributed by atoms with Crippen molar-refractivity contribution in [3.63, 3.8) is 0 Å². The molecule has 4 rings (SSSR count). The minimum Gasteiger partial charge on any atom is -0.469 e. The van der Waals surface area contributed by atoms with Crippen molar-refractivity contribution in [2.75, 3.05) is 36.5 Å². The van der Waals surface area contributed by atoms with Gasteiger partial charge in [0.1, 0.15) is 5.82 Å². The fourth-order valence-corrected chi connectivity index (χ4v) is 4.33. The van der Waals surface area contributed by atoms with E-state index in [1.54, 1.807) is 0 Å². The predicted molar refractivity (Wildman–Crippen MR) is 101 cm³/mol. The summed E-state index contributed by atoms with van der Waals surface area (Å²) in [4.78, 5) is 26.0. The lowest BCUT2D eigenvalue weighted by Crippen LogP contribution is -2.47. The molecule has 3 aliphatic rings. The lowest BCUT2D eigenvalue weighted by Gasteiger charge is -2.39. The van der Waals surface area contributed by atoms with Gasteiger partial charge in [-0.15, -0.1) is 0 Å². The fourth-order valence-electron chi connectivity index (χ4n) is 4.33. The minimum atomic E-state index is -0.0814. The molecule has 1 aromatic heterocycles. The van der Waals surface area contributed by atoms with Gasteiger partial charge in [0, 0.05) is 43.6 Å². The molecule has 0 amide bonds. The molecule has 2 saturated heterocycles. The highest BCUT2D eigenvalue weighted by Gasteiger charge is 2.56. The zero-order valence-corrected chi connectivity index (χ0v) is 16.5. The quantitative estimate of drug-likeness (QED) is 0.771. The molecule has 0 spiro atoms. The molecule has 2 aliphatic heterocycles. The van der Waals surface area contributed by atoms with Crippen molar-refractivity contribution in [1.29, 1.82) is 0 Å². The Morgan fingerprint density at radius 1 is 1.27 bits per heavy atom. The molecule has 0 N–H and O–H groups in total. The van der Waals surface area contributed by atoms with E-state index >= 15 is 0 Å². The number of aromatic nitrogens is 2. The highest BCUT2D eigenvalue weighted by Crippen LogP contribution is 2.54. The van der Waals surface area contributed by atoms with Crippen LogP contribution in [0.3, 0.4) is 0 Å². The number of carbonyl (C=O) groups is 1. The summed E-state index contributed by atoms with van der Waals surface area (Å²) in [6.45, 7) is 11.9. The summed E-state index contributed by atoms with van der Waals surface area (Å²) in [5.74, 6) is 3.54. The predicted octanol–water partition coefficient (Wildman–Crippen LogP) is 2.62. The van der Waals surface area contributed by atoms with Crippen molar-refractivity contribution in [1.82, 2.24) is 9.97 Å². The number of anilines is 2. The molecule has 6 nitrogen and oxygen atoms in total. The number of fused-ring (bicyclic) bond motifs is 1. The smallest absolute Gasteiger partial charge is 0.305 e. The molecule has 142 valence electrons. The second kappa shape index (κ2) is 6.10. The summed E-state index contributed by atoms with van der Waals surface area (Å²) in [6, 6.07) is 2.68. The van der Waals surface area contributed by atoms with Gasteiger partial charge in [0.05, 0.1) is 12.8 Å². The second-order valence-electron chi connectivity index (χ2n) is 9.17. The Morgan fingerprint density at radius 2 is 1.96 bits per heavy atom. The summed E-state index contributed by atoms with van der Waals surface area (Å²) >= 11 is 0. The number of nitrogens with zero attached hydrogens (tertiary/aromatic N) is 4. The number of hydrogen-bond acceptors (Lipinski definition) is 6. The van der Waals surface area contributed by atoms with Gasteiger partial charge in [-0.05, 0) is 31.1 Å². The van der Waals surface area contributed by atoms with Gasteiger partial charge < -0.3 is 14.5 Å². The van der Waals surface area contributed by atoms with E-state index in [1.165, 1.54) is 13.5 Å². The number of ether oxygens (including phenoxy) is 1. The lowest BCUT2D eigenvalue weighted by atomic mass is 9.92. The molecular weight excluding hydrogens is 328 g/mol. The standard InChI is InChI=1S/C20H30N4O2/c1-12-6-7-24(12)19-21-16(20(2,3)4)9-17(22-19)23-10-14-13(15(14)11-23)8-18(25)26-5/h9,12-15H,6-8,10-11H2,1-5H3/t12-,13-,14-,15+/m0/s1. The third kappa shape index (κ3) is 3.03. The van der Waals surface area contributed by atoms with Gasteiger partial charge in [-0.25, -0.2) is 4.98 Å². The Labute approximate surface area is 155 Å². The lowest BCUT2D eigenvalue weighted by molar-refractivity contribution is -0.141. The van der Waals surface area contributed by atoms with Crippen LogP contribution < -0.4 is 9.80 Å². The zero-order valence-electron chi connectivity index (χ0n) is 16.5. The van der Waals surface area contributed by atoms with Crippen LogP contribution >= 0.6 is 0 Å². The molecule has 3 heterocycles. The van der Waals surface area contributed by atoms with Gasteiger partial charge >= 0.3 is 5.97 Å². The number of esters is 1. The van der Waals surface area contributed by atoms with Crippen LogP contribution in [0.5, 0.6) is 0 Å². The van der Waals surface area contributed by atoms with E-state index in [4.69, 9.17) is 14.7 Å². The van der Waals surface area contributed by atoms with Crippen molar-refractivity contribution in [2.24, 2.45) is 17.8 Å². The molecule has 1 aliphatic carbocycles. The largest absolute Gasteiger partial charge is 0.469 e. The highest BCUT2D eigenvalue weighted by molar-refractivity contribution is 5.70. The van der Waals surface area contributed by atoms with Crippen LogP contribution in [0, 0.1) is 17.8 Å². The van der Waals surface area contributed by atoms with Crippen LogP contribution in [0.1, 0.15) is 46.2 Å². The van der Waals surface area contributed by atoms with Crippen molar-refractivity contribution < 1.29 is 9.53 Å². The Morgan fingerprint density at radius 3 is 2.46 bits per heavy atom. The maximum atomic E-state index is 11.5. The topological polar surface area (TPSA) is 58.6 Å². The van der Waals surface area contributed by atoms with Crippen molar-refractivity contribution in [3.05, 3.63) is 11.8 Å². The van der Waals surface area contributed by atoms with Crippen LogP contribution in [0.25, 0.3) is 0 Å². The Kier molecular flexibility index (Phi) is 4.12. The van der Waals surface area contributed by atoms with Gasteiger partial charge in [-0.2, -0.15) is 4.98 Å². The monoisotopic (exact) mass is 358 g/mol. The summed E-state index contributed by atoms with van der Waals surface area (Å²) in [5, 5.41) is 0. The maximum absolute atomic E-state index is 11.5. The number of carbonyl (C=O) groups excluding carboxylic acids is 1. The molecule has 6 heteroatoms. The summed E-state index contributed by atoms with van der Waals surface area (Å²) in [7, 11) is 1.47. The normalized spacial score (nSPS) is 30.0. The van der Waals surface area contributed by atoms with Gasteiger partial charge in [0.15, 0.2) is 0 Å².